The van der Waals surface area contributed by atoms with Gasteiger partial charge in [-0.2, -0.15) is 0 Å². The molecular weight excluding hydrogens is 296 g/mol. The van der Waals surface area contributed by atoms with Gasteiger partial charge in [0.2, 0.25) is 0 Å². The molecule has 0 bridgehead atoms. The van der Waals surface area contributed by atoms with Crippen LogP contribution in [0.2, 0.25) is 0 Å². The molecule has 22 heavy (non-hydrogen) atoms. The maximum atomic E-state index is 11.7. The van der Waals surface area contributed by atoms with Crippen molar-refractivity contribution in [1.29, 1.82) is 0 Å². The fourth-order valence-electron chi connectivity index (χ4n) is 1.79. The van der Waals surface area contributed by atoms with Crippen LogP contribution in [0.25, 0.3) is 0 Å². The van der Waals surface area contributed by atoms with Crippen LogP contribution in [-0.2, 0) is 4.79 Å². The van der Waals surface area contributed by atoms with Crippen molar-refractivity contribution in [3.05, 3.63) is 60.2 Å². The number of aryl methyl sites for hydroxylation is 1. The molecule has 0 unspecified atom stereocenters. The Morgan fingerprint density at radius 2 is 1.73 bits per heavy atom. The van der Waals surface area contributed by atoms with Crippen LogP contribution in [0.5, 0.6) is 0 Å². The predicted octanol–water partition coefficient (Wildman–Crippen LogP) is 2.42. The molecule has 5 nitrogen and oxygen atoms in total. The second kappa shape index (κ2) is 7.99. The van der Waals surface area contributed by atoms with E-state index in [1.807, 2.05) is 61.5 Å². The number of nitrogens with one attached hydrogen (secondary N) is 4. The van der Waals surface area contributed by atoms with Gasteiger partial charge in [-0.1, -0.05) is 30.3 Å². The summed E-state index contributed by atoms with van der Waals surface area (Å²) in [5.74, 6) is -0.211. The Morgan fingerprint density at radius 3 is 2.45 bits per heavy atom. The molecule has 0 saturated carbocycles. The third kappa shape index (κ3) is 5.41. The van der Waals surface area contributed by atoms with Gasteiger partial charge in [-0.25, -0.2) is 0 Å². The zero-order chi connectivity index (χ0) is 15.8. The summed E-state index contributed by atoms with van der Waals surface area (Å²) in [6.45, 7) is 2.16. The van der Waals surface area contributed by atoms with E-state index >= 15 is 0 Å². The Kier molecular flexibility index (Phi) is 5.73. The standard InChI is InChI=1S/C16H18N4OS/c1-12-6-5-9-14(10-12)18-16(22)20-19-15(21)11-17-13-7-3-2-4-8-13/h2-10,17H,11H2,1H3,(H,19,21)(H2,18,20,22). The molecule has 0 atom stereocenters. The molecule has 114 valence electrons. The van der Waals surface area contributed by atoms with Crippen LogP contribution in [-0.4, -0.2) is 17.6 Å². The summed E-state index contributed by atoms with van der Waals surface area (Å²) < 4.78 is 0. The molecule has 2 aromatic rings. The molecule has 0 aliphatic carbocycles. The lowest BCUT2D eigenvalue weighted by Gasteiger charge is -2.12. The lowest BCUT2D eigenvalue weighted by molar-refractivity contribution is -0.119. The van der Waals surface area contributed by atoms with Gasteiger partial charge in [0, 0.05) is 11.4 Å². The molecule has 2 aromatic carbocycles. The van der Waals surface area contributed by atoms with Crippen molar-refractivity contribution in [3.8, 4) is 0 Å². The summed E-state index contributed by atoms with van der Waals surface area (Å²) in [4.78, 5) is 11.7. The van der Waals surface area contributed by atoms with Crippen molar-refractivity contribution in [1.82, 2.24) is 10.9 Å². The van der Waals surface area contributed by atoms with Crippen molar-refractivity contribution in [2.24, 2.45) is 0 Å². The first kappa shape index (κ1) is 15.8. The normalized spacial score (nSPS) is 9.68. The van der Waals surface area contributed by atoms with E-state index in [1.165, 1.54) is 0 Å². The maximum absolute atomic E-state index is 11.7. The van der Waals surface area contributed by atoms with E-state index in [2.05, 4.69) is 21.5 Å². The molecule has 0 saturated heterocycles. The molecule has 0 fully saturated rings. The summed E-state index contributed by atoms with van der Waals surface area (Å²) in [6.07, 6.45) is 0. The van der Waals surface area contributed by atoms with Gasteiger partial charge in [0.15, 0.2) is 5.11 Å². The fourth-order valence-corrected chi connectivity index (χ4v) is 1.96. The van der Waals surface area contributed by atoms with Crippen LogP contribution in [0.1, 0.15) is 5.56 Å². The molecule has 0 spiro atoms. The highest BCUT2D eigenvalue weighted by atomic mass is 32.1. The topological polar surface area (TPSA) is 65.2 Å². The van der Waals surface area contributed by atoms with Crippen LogP contribution in [0.3, 0.4) is 0 Å². The van der Waals surface area contributed by atoms with Gasteiger partial charge < -0.3 is 10.6 Å². The summed E-state index contributed by atoms with van der Waals surface area (Å²) in [5, 5.41) is 6.34. The number of carbonyl (C=O) groups excluding carboxylic acids is 1. The number of rotatable bonds is 4. The van der Waals surface area contributed by atoms with E-state index in [4.69, 9.17) is 12.2 Å². The molecule has 1 amide bonds. The van der Waals surface area contributed by atoms with Gasteiger partial charge in [-0.3, -0.25) is 15.6 Å². The molecule has 0 aromatic heterocycles. The highest BCUT2D eigenvalue weighted by molar-refractivity contribution is 7.80. The number of para-hydroxylation sites is 1. The van der Waals surface area contributed by atoms with Crippen molar-refractivity contribution < 1.29 is 4.79 Å². The maximum Gasteiger partial charge on any atom is 0.257 e. The largest absolute Gasteiger partial charge is 0.376 e. The predicted molar refractivity (Wildman–Crippen MR) is 93.6 cm³/mol. The third-order valence-corrected chi connectivity index (χ3v) is 3.02. The number of hydrogen-bond acceptors (Lipinski definition) is 3. The van der Waals surface area contributed by atoms with Crippen LogP contribution in [0.15, 0.2) is 54.6 Å². The highest BCUT2D eigenvalue weighted by Crippen LogP contribution is 2.08. The molecule has 2 rings (SSSR count). The molecular formula is C16H18N4OS. The number of thiocarbonyl (C=S) groups is 1. The van der Waals surface area contributed by atoms with E-state index in [0.717, 1.165) is 16.9 Å². The van der Waals surface area contributed by atoms with Crippen molar-refractivity contribution in [2.75, 3.05) is 17.2 Å². The number of benzene rings is 2. The van der Waals surface area contributed by atoms with Crippen LogP contribution in [0, 0.1) is 6.92 Å². The zero-order valence-electron chi connectivity index (χ0n) is 12.2. The average molecular weight is 314 g/mol. The van der Waals surface area contributed by atoms with Crippen molar-refractivity contribution in [3.63, 3.8) is 0 Å². The van der Waals surface area contributed by atoms with Crippen LogP contribution in [0.4, 0.5) is 11.4 Å². The van der Waals surface area contributed by atoms with Crippen LogP contribution >= 0.6 is 12.2 Å². The minimum atomic E-state index is -0.211. The summed E-state index contributed by atoms with van der Waals surface area (Å²) >= 11 is 5.12. The molecule has 0 aliphatic rings. The minimum absolute atomic E-state index is 0.157. The molecule has 6 heteroatoms. The first-order chi connectivity index (χ1) is 10.6. The molecule has 0 radical (unpaired) electrons. The summed E-state index contributed by atoms with van der Waals surface area (Å²) in [5.41, 5.74) is 8.09. The summed E-state index contributed by atoms with van der Waals surface area (Å²) in [7, 11) is 0. The van der Waals surface area contributed by atoms with E-state index in [-0.39, 0.29) is 12.5 Å². The van der Waals surface area contributed by atoms with Crippen LogP contribution < -0.4 is 21.5 Å². The minimum Gasteiger partial charge on any atom is -0.376 e. The quantitative estimate of drug-likeness (QED) is 0.516. The number of hydrogen-bond donors (Lipinski definition) is 4. The Balaban J connectivity index is 1.70. The van der Waals surface area contributed by atoms with Gasteiger partial charge in [-0.15, -0.1) is 0 Å². The smallest absolute Gasteiger partial charge is 0.257 e. The SMILES string of the molecule is Cc1cccc(NC(=S)NNC(=O)CNc2ccccc2)c1. The molecule has 0 heterocycles. The first-order valence-corrected chi connectivity index (χ1v) is 7.26. The number of anilines is 2. The lowest BCUT2D eigenvalue weighted by atomic mass is 10.2. The fraction of sp³-hybridized carbons (Fsp3) is 0.125. The Bertz CT molecular complexity index is 646. The van der Waals surface area contributed by atoms with E-state index < -0.39 is 0 Å². The second-order valence-electron chi connectivity index (χ2n) is 4.72. The monoisotopic (exact) mass is 314 g/mol. The number of amides is 1. The Labute approximate surface area is 135 Å². The van der Waals surface area contributed by atoms with Gasteiger partial charge in [-0.05, 0) is 49.0 Å². The Hall–Kier alpha value is -2.60. The van der Waals surface area contributed by atoms with Crippen molar-refractivity contribution >= 4 is 34.6 Å². The first-order valence-electron chi connectivity index (χ1n) is 6.85. The van der Waals surface area contributed by atoms with E-state index in [0.29, 0.717) is 5.11 Å². The van der Waals surface area contributed by atoms with Gasteiger partial charge in [0.1, 0.15) is 0 Å². The third-order valence-electron chi connectivity index (χ3n) is 2.82. The zero-order valence-corrected chi connectivity index (χ0v) is 13.0. The average Bonchev–Trinajstić information content (AvgIpc) is 2.52. The Morgan fingerprint density at radius 1 is 1.00 bits per heavy atom. The molecule has 4 N–H and O–H groups in total. The van der Waals surface area contributed by atoms with E-state index in [9.17, 15) is 4.79 Å². The highest BCUT2D eigenvalue weighted by Gasteiger charge is 2.02. The summed E-state index contributed by atoms with van der Waals surface area (Å²) in [6, 6.07) is 17.3. The van der Waals surface area contributed by atoms with Gasteiger partial charge >= 0.3 is 0 Å². The number of hydrazine groups is 1. The van der Waals surface area contributed by atoms with Crippen molar-refractivity contribution in [2.45, 2.75) is 6.92 Å². The van der Waals surface area contributed by atoms with Gasteiger partial charge in [0.05, 0.1) is 6.54 Å². The van der Waals surface area contributed by atoms with Gasteiger partial charge in [0.25, 0.3) is 5.91 Å². The lowest BCUT2D eigenvalue weighted by Crippen LogP contribution is -2.45. The number of carbonyl (C=O) groups is 1. The molecule has 0 aliphatic heterocycles. The van der Waals surface area contributed by atoms with E-state index in [1.54, 1.807) is 0 Å². The second-order valence-corrected chi connectivity index (χ2v) is 5.12.